The van der Waals surface area contributed by atoms with E-state index in [1.165, 1.54) is 42.6 Å². The lowest BCUT2D eigenvalue weighted by Gasteiger charge is -2.32. The molecule has 0 radical (unpaired) electrons. The minimum absolute atomic E-state index is 0.0558. The average Bonchev–Trinajstić information content (AvgIpc) is 2.79. The highest BCUT2D eigenvalue weighted by Gasteiger charge is 2.31. The number of esters is 1. The maximum Gasteiger partial charge on any atom is 0.338 e. The van der Waals surface area contributed by atoms with E-state index in [1.807, 2.05) is 19.9 Å². The minimum atomic E-state index is -3.63. The van der Waals surface area contributed by atoms with E-state index in [9.17, 15) is 18.0 Å². The summed E-state index contributed by atoms with van der Waals surface area (Å²) in [6.07, 6.45) is 1.61. The maximum absolute atomic E-state index is 12.9. The van der Waals surface area contributed by atoms with E-state index >= 15 is 0 Å². The predicted molar refractivity (Wildman–Crippen MR) is 125 cm³/mol. The van der Waals surface area contributed by atoms with E-state index in [4.69, 9.17) is 9.47 Å². The van der Waals surface area contributed by atoms with E-state index in [0.717, 1.165) is 24.8 Å². The maximum atomic E-state index is 12.9. The fraction of sp³-hybridized carbons (Fsp3) is 0.417. The third-order valence-corrected chi connectivity index (χ3v) is 7.73. The number of hydrogen-bond donors (Lipinski definition) is 1. The van der Waals surface area contributed by atoms with Gasteiger partial charge in [-0.25, -0.2) is 13.2 Å². The zero-order valence-electron chi connectivity index (χ0n) is 19.3. The highest BCUT2D eigenvalue weighted by molar-refractivity contribution is 7.89. The fourth-order valence-electron chi connectivity index (χ4n) is 3.76. The predicted octanol–water partition coefficient (Wildman–Crippen LogP) is 3.75. The summed E-state index contributed by atoms with van der Waals surface area (Å²) in [7, 11) is -2.13. The zero-order chi connectivity index (χ0) is 24.2. The van der Waals surface area contributed by atoms with Crippen LogP contribution in [-0.2, 0) is 19.6 Å². The van der Waals surface area contributed by atoms with Crippen LogP contribution in [0.2, 0.25) is 0 Å². The number of amides is 1. The summed E-state index contributed by atoms with van der Waals surface area (Å²) in [5.41, 5.74) is 1.57. The second-order valence-electron chi connectivity index (χ2n) is 8.23. The van der Waals surface area contributed by atoms with Gasteiger partial charge in [0.1, 0.15) is 5.75 Å². The molecule has 2 unspecified atom stereocenters. The highest BCUT2D eigenvalue weighted by Crippen LogP contribution is 2.26. The SMILES string of the molecule is COc1ccc(C)cc1NC(=O)C(C)OC(=O)c1ccc(S(=O)(=O)N2CCCCC2C)cc1. The summed E-state index contributed by atoms with van der Waals surface area (Å²) >= 11 is 0. The van der Waals surface area contributed by atoms with Gasteiger partial charge in [0.25, 0.3) is 5.91 Å². The third-order valence-electron chi connectivity index (χ3n) is 5.70. The van der Waals surface area contributed by atoms with Gasteiger partial charge in [0.05, 0.1) is 23.3 Å². The Morgan fingerprint density at radius 2 is 1.82 bits per heavy atom. The molecule has 8 nitrogen and oxygen atoms in total. The third kappa shape index (κ3) is 5.72. The van der Waals surface area contributed by atoms with E-state index < -0.39 is 28.0 Å². The Balaban J connectivity index is 1.65. The van der Waals surface area contributed by atoms with Crippen molar-refractivity contribution < 1.29 is 27.5 Å². The smallest absolute Gasteiger partial charge is 0.338 e. The molecule has 1 saturated heterocycles. The molecule has 2 aromatic carbocycles. The molecule has 1 heterocycles. The van der Waals surface area contributed by atoms with Gasteiger partial charge in [-0.05, 0) is 75.6 Å². The molecule has 0 spiro atoms. The molecule has 0 bridgehead atoms. The Hall–Kier alpha value is -2.91. The van der Waals surface area contributed by atoms with Crippen molar-refractivity contribution in [2.24, 2.45) is 0 Å². The zero-order valence-corrected chi connectivity index (χ0v) is 20.1. The number of ether oxygens (including phenoxy) is 2. The second-order valence-corrected chi connectivity index (χ2v) is 10.1. The molecule has 0 saturated carbocycles. The van der Waals surface area contributed by atoms with Crippen LogP contribution in [0.4, 0.5) is 5.69 Å². The van der Waals surface area contributed by atoms with Crippen molar-refractivity contribution in [3.63, 3.8) is 0 Å². The summed E-state index contributed by atoms with van der Waals surface area (Å²) in [4.78, 5) is 25.2. The van der Waals surface area contributed by atoms with E-state index in [-0.39, 0.29) is 16.5 Å². The summed E-state index contributed by atoms with van der Waals surface area (Å²) in [5, 5.41) is 2.70. The standard InChI is InChI=1S/C24H30N2O6S/c1-16-8-13-22(31-4)21(15-16)25-23(27)18(3)32-24(28)19-9-11-20(12-10-19)33(29,30)26-14-6-5-7-17(26)2/h8-13,15,17-18H,5-7,14H2,1-4H3,(H,25,27). The Morgan fingerprint density at radius 3 is 2.45 bits per heavy atom. The van der Waals surface area contributed by atoms with Gasteiger partial charge in [0.15, 0.2) is 6.10 Å². The summed E-state index contributed by atoms with van der Waals surface area (Å²) in [5.74, 6) is -0.734. The van der Waals surface area contributed by atoms with Gasteiger partial charge in [-0.15, -0.1) is 0 Å². The molecule has 1 N–H and O–H groups in total. The van der Waals surface area contributed by atoms with Gasteiger partial charge < -0.3 is 14.8 Å². The van der Waals surface area contributed by atoms with E-state index in [2.05, 4.69) is 5.32 Å². The van der Waals surface area contributed by atoms with Crippen LogP contribution >= 0.6 is 0 Å². The molecule has 9 heteroatoms. The van der Waals surface area contributed by atoms with Crippen molar-refractivity contribution in [1.29, 1.82) is 0 Å². The molecule has 0 aromatic heterocycles. The molecule has 2 atom stereocenters. The number of anilines is 1. The van der Waals surface area contributed by atoms with Crippen molar-refractivity contribution in [3.05, 3.63) is 53.6 Å². The number of rotatable bonds is 7. The number of piperidine rings is 1. The van der Waals surface area contributed by atoms with Gasteiger partial charge in [0.2, 0.25) is 10.0 Å². The quantitative estimate of drug-likeness (QED) is 0.613. The summed E-state index contributed by atoms with van der Waals surface area (Å²) in [6.45, 7) is 5.74. The number of carbonyl (C=O) groups excluding carboxylic acids is 2. The second kappa shape index (κ2) is 10.4. The van der Waals surface area contributed by atoms with Crippen LogP contribution in [-0.4, -0.2) is 50.4 Å². The Bertz CT molecular complexity index is 1110. The molecule has 178 valence electrons. The van der Waals surface area contributed by atoms with Crippen LogP contribution in [0.5, 0.6) is 5.75 Å². The van der Waals surface area contributed by atoms with Gasteiger partial charge in [-0.1, -0.05) is 12.5 Å². The fourth-order valence-corrected chi connectivity index (χ4v) is 5.46. The molecule has 33 heavy (non-hydrogen) atoms. The molecule has 1 aliphatic rings. The van der Waals surface area contributed by atoms with Crippen molar-refractivity contribution >= 4 is 27.6 Å². The lowest BCUT2D eigenvalue weighted by atomic mass is 10.1. The van der Waals surface area contributed by atoms with Crippen molar-refractivity contribution in [2.75, 3.05) is 19.0 Å². The number of nitrogens with zero attached hydrogens (tertiary/aromatic N) is 1. The number of methoxy groups -OCH3 is 1. The van der Waals surface area contributed by atoms with Gasteiger partial charge in [-0.3, -0.25) is 4.79 Å². The Morgan fingerprint density at radius 1 is 1.12 bits per heavy atom. The molecule has 1 fully saturated rings. The topological polar surface area (TPSA) is 102 Å². The van der Waals surface area contributed by atoms with Crippen LogP contribution in [0.25, 0.3) is 0 Å². The lowest BCUT2D eigenvalue weighted by molar-refractivity contribution is -0.123. The van der Waals surface area contributed by atoms with Crippen LogP contribution in [0.15, 0.2) is 47.4 Å². The monoisotopic (exact) mass is 474 g/mol. The van der Waals surface area contributed by atoms with Crippen LogP contribution in [0.3, 0.4) is 0 Å². The normalized spacial score (nSPS) is 17.8. The number of aryl methyl sites for hydroxylation is 1. The Labute approximate surface area is 194 Å². The summed E-state index contributed by atoms with van der Waals surface area (Å²) in [6, 6.07) is 10.9. The first kappa shape index (κ1) is 24.7. The van der Waals surface area contributed by atoms with E-state index in [0.29, 0.717) is 18.0 Å². The van der Waals surface area contributed by atoms with Crippen molar-refractivity contribution in [2.45, 2.75) is 57.1 Å². The molecule has 2 aromatic rings. The molecule has 1 aliphatic heterocycles. The highest BCUT2D eigenvalue weighted by atomic mass is 32.2. The molecular weight excluding hydrogens is 444 g/mol. The van der Waals surface area contributed by atoms with Crippen molar-refractivity contribution in [3.8, 4) is 5.75 Å². The molecule has 3 rings (SSSR count). The average molecular weight is 475 g/mol. The molecular formula is C24H30N2O6S. The number of nitrogens with one attached hydrogen (secondary N) is 1. The number of hydrogen-bond acceptors (Lipinski definition) is 6. The van der Waals surface area contributed by atoms with Gasteiger partial charge >= 0.3 is 5.97 Å². The Kier molecular flexibility index (Phi) is 7.76. The van der Waals surface area contributed by atoms with E-state index in [1.54, 1.807) is 12.1 Å². The van der Waals surface area contributed by atoms with Crippen LogP contribution in [0, 0.1) is 6.92 Å². The first-order valence-electron chi connectivity index (χ1n) is 10.9. The molecule has 1 amide bonds. The van der Waals surface area contributed by atoms with Gasteiger partial charge in [0, 0.05) is 12.6 Å². The number of benzene rings is 2. The first-order chi connectivity index (χ1) is 15.6. The minimum Gasteiger partial charge on any atom is -0.495 e. The van der Waals surface area contributed by atoms with Crippen LogP contribution < -0.4 is 10.1 Å². The summed E-state index contributed by atoms with van der Waals surface area (Å²) < 4.78 is 37.9. The molecule has 0 aliphatic carbocycles. The van der Waals surface area contributed by atoms with Crippen LogP contribution in [0.1, 0.15) is 49.0 Å². The number of sulfonamides is 1. The van der Waals surface area contributed by atoms with Crippen molar-refractivity contribution in [1.82, 2.24) is 4.31 Å². The first-order valence-corrected chi connectivity index (χ1v) is 12.4. The largest absolute Gasteiger partial charge is 0.495 e. The van der Waals surface area contributed by atoms with Gasteiger partial charge in [-0.2, -0.15) is 4.31 Å². The lowest BCUT2D eigenvalue weighted by Crippen LogP contribution is -2.41. The number of carbonyl (C=O) groups is 2.